The third-order valence-electron chi connectivity index (χ3n) is 3.57. The van der Waals surface area contributed by atoms with E-state index < -0.39 is 0 Å². The van der Waals surface area contributed by atoms with Crippen LogP contribution in [0, 0.1) is 23.0 Å². The van der Waals surface area contributed by atoms with Gasteiger partial charge in [0.25, 0.3) is 5.69 Å². The fourth-order valence-corrected chi connectivity index (χ4v) is 2.38. The maximum Gasteiger partial charge on any atom is 0.272 e. The highest BCUT2D eigenvalue weighted by Crippen LogP contribution is 2.27. The highest BCUT2D eigenvalue weighted by Gasteiger charge is 2.24. The lowest BCUT2D eigenvalue weighted by molar-refractivity contribution is -0.385. The topological polar surface area (TPSA) is 55.2 Å². The molecule has 17 heavy (non-hydrogen) atoms. The van der Waals surface area contributed by atoms with E-state index in [1.165, 1.54) is 12.8 Å². The molecule has 0 amide bonds. The van der Waals surface area contributed by atoms with Crippen LogP contribution >= 0.6 is 0 Å². The van der Waals surface area contributed by atoms with Gasteiger partial charge in [-0.15, -0.1) is 0 Å². The summed E-state index contributed by atoms with van der Waals surface area (Å²) in [6, 6.07) is 5.86. The van der Waals surface area contributed by atoms with Crippen LogP contribution < -0.4 is 5.32 Å². The zero-order valence-corrected chi connectivity index (χ0v) is 10.3. The molecule has 4 nitrogen and oxygen atoms in total. The van der Waals surface area contributed by atoms with Gasteiger partial charge in [0.1, 0.15) is 0 Å². The lowest BCUT2D eigenvalue weighted by Gasteiger charge is -2.33. The van der Waals surface area contributed by atoms with E-state index in [1.807, 2.05) is 13.0 Å². The average Bonchev–Trinajstić information content (AvgIpc) is 2.24. The first-order chi connectivity index (χ1) is 8.08. The van der Waals surface area contributed by atoms with Crippen LogP contribution in [0.1, 0.15) is 30.9 Å². The van der Waals surface area contributed by atoms with E-state index in [0.29, 0.717) is 6.04 Å². The predicted molar refractivity (Wildman–Crippen MR) is 66.9 cm³/mol. The zero-order chi connectivity index (χ0) is 12.4. The number of nitro groups is 1. The summed E-state index contributed by atoms with van der Waals surface area (Å²) in [5, 5.41) is 14.3. The van der Waals surface area contributed by atoms with Gasteiger partial charge in [0, 0.05) is 24.2 Å². The Balaban J connectivity index is 2.01. The van der Waals surface area contributed by atoms with Crippen molar-refractivity contribution < 1.29 is 4.92 Å². The van der Waals surface area contributed by atoms with Crippen LogP contribution in [-0.4, -0.2) is 11.0 Å². The van der Waals surface area contributed by atoms with Gasteiger partial charge < -0.3 is 5.32 Å². The van der Waals surface area contributed by atoms with E-state index in [0.717, 1.165) is 23.6 Å². The predicted octanol–water partition coefficient (Wildman–Crippen LogP) is 2.79. The largest absolute Gasteiger partial charge is 0.310 e. The van der Waals surface area contributed by atoms with Crippen LogP contribution in [-0.2, 0) is 6.54 Å². The number of nitrogens with zero attached hydrogens (tertiary/aromatic N) is 1. The lowest BCUT2D eigenvalue weighted by Crippen LogP contribution is -2.39. The number of hydrogen-bond acceptors (Lipinski definition) is 3. The van der Waals surface area contributed by atoms with E-state index in [2.05, 4.69) is 12.2 Å². The second-order valence-electron chi connectivity index (χ2n) is 4.97. The van der Waals surface area contributed by atoms with Crippen LogP contribution in [0.4, 0.5) is 5.69 Å². The number of nitro benzene ring substituents is 1. The molecule has 0 radical (unpaired) electrons. The van der Waals surface area contributed by atoms with E-state index in [9.17, 15) is 10.1 Å². The zero-order valence-electron chi connectivity index (χ0n) is 10.3. The highest BCUT2D eigenvalue weighted by molar-refractivity contribution is 5.44. The smallest absolute Gasteiger partial charge is 0.272 e. The van der Waals surface area contributed by atoms with E-state index >= 15 is 0 Å². The summed E-state index contributed by atoms with van der Waals surface area (Å²) < 4.78 is 0. The molecule has 0 bridgehead atoms. The molecule has 0 aliphatic heterocycles. The summed E-state index contributed by atoms with van der Waals surface area (Å²) in [7, 11) is 0. The quantitative estimate of drug-likeness (QED) is 0.643. The molecule has 1 aromatic carbocycles. The Bertz CT molecular complexity index is 425. The first kappa shape index (κ1) is 12.0. The molecule has 1 saturated carbocycles. The molecule has 0 saturated heterocycles. The Kier molecular flexibility index (Phi) is 3.43. The molecule has 1 aliphatic carbocycles. The molecular formula is C13H18N2O2. The van der Waals surface area contributed by atoms with Crippen molar-refractivity contribution in [2.45, 2.75) is 39.3 Å². The highest BCUT2D eigenvalue weighted by atomic mass is 16.6. The summed E-state index contributed by atoms with van der Waals surface area (Å²) in [6.45, 7) is 4.79. The fraction of sp³-hybridized carbons (Fsp3) is 0.538. The normalized spacial score (nSPS) is 23.2. The summed E-state index contributed by atoms with van der Waals surface area (Å²) in [4.78, 5) is 10.5. The van der Waals surface area contributed by atoms with Crippen molar-refractivity contribution in [2.24, 2.45) is 5.92 Å². The molecule has 1 N–H and O–H groups in total. The molecule has 1 fully saturated rings. The standard InChI is InChI=1S/C13H18N2O2/c1-9-6-12(7-9)14-8-11-4-3-5-13(10(11)2)15(16)17/h3-5,9,12,14H,6-8H2,1-2H3. The van der Waals surface area contributed by atoms with Crippen molar-refractivity contribution in [2.75, 3.05) is 0 Å². The van der Waals surface area contributed by atoms with Crippen LogP contribution in [0.25, 0.3) is 0 Å². The Morgan fingerprint density at radius 3 is 2.76 bits per heavy atom. The second kappa shape index (κ2) is 4.84. The first-order valence-corrected chi connectivity index (χ1v) is 6.04. The monoisotopic (exact) mass is 234 g/mol. The van der Waals surface area contributed by atoms with Gasteiger partial charge in [-0.2, -0.15) is 0 Å². The minimum atomic E-state index is -0.315. The van der Waals surface area contributed by atoms with Gasteiger partial charge in [-0.1, -0.05) is 19.1 Å². The van der Waals surface area contributed by atoms with Crippen LogP contribution in [0.15, 0.2) is 18.2 Å². The Morgan fingerprint density at radius 1 is 1.47 bits per heavy atom. The second-order valence-corrected chi connectivity index (χ2v) is 4.97. The van der Waals surface area contributed by atoms with Gasteiger partial charge in [0.15, 0.2) is 0 Å². The van der Waals surface area contributed by atoms with Gasteiger partial charge in [-0.05, 0) is 31.2 Å². The summed E-state index contributed by atoms with van der Waals surface area (Å²) in [6.07, 6.45) is 2.43. The maximum absolute atomic E-state index is 10.8. The number of hydrogen-bond donors (Lipinski definition) is 1. The van der Waals surface area contributed by atoms with Gasteiger partial charge in [0.05, 0.1) is 4.92 Å². The molecule has 1 aliphatic rings. The molecule has 2 rings (SSSR count). The van der Waals surface area contributed by atoms with E-state index in [1.54, 1.807) is 12.1 Å². The fourth-order valence-electron chi connectivity index (χ4n) is 2.38. The Labute approximate surface area is 101 Å². The Hall–Kier alpha value is -1.42. The van der Waals surface area contributed by atoms with Crippen molar-refractivity contribution in [1.82, 2.24) is 5.32 Å². The van der Waals surface area contributed by atoms with Crippen molar-refractivity contribution >= 4 is 5.69 Å². The molecule has 4 heteroatoms. The van der Waals surface area contributed by atoms with E-state index in [4.69, 9.17) is 0 Å². The van der Waals surface area contributed by atoms with Crippen molar-refractivity contribution in [3.8, 4) is 0 Å². The van der Waals surface area contributed by atoms with Gasteiger partial charge in [-0.25, -0.2) is 0 Å². The molecule has 0 unspecified atom stereocenters. The SMILES string of the molecule is Cc1c(CNC2CC(C)C2)cccc1[N+](=O)[O-]. The van der Waals surface area contributed by atoms with Gasteiger partial charge in [0.2, 0.25) is 0 Å². The third kappa shape index (κ3) is 2.64. The summed E-state index contributed by atoms with van der Waals surface area (Å²) in [5.41, 5.74) is 2.02. The number of nitrogens with one attached hydrogen (secondary N) is 1. The minimum absolute atomic E-state index is 0.214. The Morgan fingerprint density at radius 2 is 2.18 bits per heavy atom. The molecule has 0 heterocycles. The molecule has 0 aromatic heterocycles. The van der Waals surface area contributed by atoms with Gasteiger partial charge in [-0.3, -0.25) is 10.1 Å². The van der Waals surface area contributed by atoms with Crippen molar-refractivity contribution in [3.63, 3.8) is 0 Å². The summed E-state index contributed by atoms with van der Waals surface area (Å²) in [5.74, 6) is 0.818. The van der Waals surface area contributed by atoms with E-state index in [-0.39, 0.29) is 10.6 Å². The molecular weight excluding hydrogens is 216 g/mol. The maximum atomic E-state index is 10.8. The first-order valence-electron chi connectivity index (χ1n) is 6.04. The van der Waals surface area contributed by atoms with Crippen molar-refractivity contribution in [3.05, 3.63) is 39.4 Å². The lowest BCUT2D eigenvalue weighted by atomic mass is 9.82. The molecule has 0 spiro atoms. The number of rotatable bonds is 4. The van der Waals surface area contributed by atoms with Crippen LogP contribution in [0.5, 0.6) is 0 Å². The minimum Gasteiger partial charge on any atom is -0.310 e. The summed E-state index contributed by atoms with van der Waals surface area (Å²) >= 11 is 0. The molecule has 0 atom stereocenters. The number of benzene rings is 1. The molecule has 92 valence electrons. The van der Waals surface area contributed by atoms with Crippen molar-refractivity contribution in [1.29, 1.82) is 0 Å². The average molecular weight is 234 g/mol. The molecule has 1 aromatic rings. The third-order valence-corrected chi connectivity index (χ3v) is 3.57. The van der Waals surface area contributed by atoms with Gasteiger partial charge >= 0.3 is 0 Å². The van der Waals surface area contributed by atoms with Crippen LogP contribution in [0.3, 0.4) is 0 Å². The van der Waals surface area contributed by atoms with Crippen LogP contribution in [0.2, 0.25) is 0 Å².